The number of rotatable bonds is 9. The fourth-order valence-electron chi connectivity index (χ4n) is 1.83. The normalized spacial score (nSPS) is 19.7. The third-order valence-electron chi connectivity index (χ3n) is 3.21. The minimum Gasteiger partial charge on any atom is -0.461 e. The van der Waals surface area contributed by atoms with E-state index in [0.29, 0.717) is 0 Å². The van der Waals surface area contributed by atoms with Gasteiger partial charge in [0, 0.05) is 0 Å². The van der Waals surface area contributed by atoms with E-state index in [1.807, 2.05) is 0 Å². The molecule has 0 aliphatic heterocycles. The van der Waals surface area contributed by atoms with Crippen LogP contribution in [0.5, 0.6) is 0 Å². The minimum absolute atomic E-state index is 0.0698. The van der Waals surface area contributed by atoms with Crippen LogP contribution < -0.4 is 0 Å². The molecule has 0 saturated heterocycles. The first kappa shape index (κ1) is 18.4. The summed E-state index contributed by atoms with van der Waals surface area (Å²) in [6, 6.07) is 2.63. The highest BCUT2D eigenvalue weighted by Crippen LogP contribution is 2.18. The van der Waals surface area contributed by atoms with Crippen LogP contribution in [0.1, 0.15) is 10.6 Å². The monoisotopic (exact) mass is 318 g/mol. The molecule has 1 aromatic heterocycles. The number of aliphatic hydroxyl groups excluding tert-OH is 6. The second kappa shape index (κ2) is 8.13. The van der Waals surface area contributed by atoms with Crippen molar-refractivity contribution in [3.63, 3.8) is 0 Å². The van der Waals surface area contributed by atoms with E-state index in [1.165, 1.54) is 18.4 Å². The first-order chi connectivity index (χ1) is 10.3. The quantitative estimate of drug-likeness (QED) is 0.158. The lowest BCUT2D eigenvalue weighted by molar-refractivity contribution is -0.148. The molecule has 0 aromatic carbocycles. The van der Waals surface area contributed by atoms with Gasteiger partial charge in [-0.05, 0) is 12.1 Å². The van der Waals surface area contributed by atoms with Gasteiger partial charge in [0.2, 0.25) is 5.78 Å². The molecule has 6 atom stereocenters. The van der Waals surface area contributed by atoms with Crippen molar-refractivity contribution in [2.75, 3.05) is 6.61 Å². The van der Waals surface area contributed by atoms with Crippen molar-refractivity contribution in [3.05, 3.63) is 24.2 Å². The number of carbonyl (C=O) groups excluding carboxylic acids is 2. The fourth-order valence-corrected chi connectivity index (χ4v) is 1.83. The lowest BCUT2D eigenvalue weighted by atomic mass is 9.89. The van der Waals surface area contributed by atoms with Crippen LogP contribution in [0.25, 0.3) is 0 Å². The van der Waals surface area contributed by atoms with Gasteiger partial charge in [0.25, 0.3) is 0 Å². The maximum absolute atomic E-state index is 11.9. The van der Waals surface area contributed by atoms with Gasteiger partial charge in [-0.1, -0.05) is 0 Å². The van der Waals surface area contributed by atoms with Crippen LogP contribution in [-0.2, 0) is 4.79 Å². The molecule has 1 rings (SSSR count). The van der Waals surface area contributed by atoms with E-state index < -0.39 is 48.8 Å². The maximum atomic E-state index is 11.9. The van der Waals surface area contributed by atoms with Gasteiger partial charge in [-0.15, -0.1) is 0 Å². The molecule has 0 aliphatic rings. The Balaban J connectivity index is 2.84. The molecular weight excluding hydrogens is 300 g/mol. The summed E-state index contributed by atoms with van der Waals surface area (Å²) in [4.78, 5) is 22.9. The number of hydrogen-bond acceptors (Lipinski definition) is 9. The van der Waals surface area contributed by atoms with Crippen LogP contribution in [0.2, 0.25) is 0 Å². The van der Waals surface area contributed by atoms with Crippen LogP contribution in [0.15, 0.2) is 22.8 Å². The van der Waals surface area contributed by atoms with Crippen LogP contribution >= 0.6 is 0 Å². The molecule has 0 radical (unpaired) electrons. The molecule has 0 spiro atoms. The van der Waals surface area contributed by atoms with Crippen LogP contribution in [-0.4, -0.2) is 79.8 Å². The number of carbonyl (C=O) groups is 2. The molecule has 2 unspecified atom stereocenters. The first-order valence-electron chi connectivity index (χ1n) is 6.39. The molecule has 0 saturated carbocycles. The zero-order valence-corrected chi connectivity index (χ0v) is 11.4. The van der Waals surface area contributed by atoms with Crippen molar-refractivity contribution < 1.29 is 44.6 Å². The van der Waals surface area contributed by atoms with Crippen molar-refractivity contribution in [3.8, 4) is 0 Å². The summed E-state index contributed by atoms with van der Waals surface area (Å²) in [5.41, 5.74) is 0. The molecule has 9 nitrogen and oxygen atoms in total. The first-order valence-corrected chi connectivity index (χ1v) is 6.39. The zero-order valence-electron chi connectivity index (χ0n) is 11.4. The van der Waals surface area contributed by atoms with E-state index in [9.17, 15) is 35.1 Å². The smallest absolute Gasteiger partial charge is 0.210 e. The van der Waals surface area contributed by atoms with Crippen molar-refractivity contribution in [1.82, 2.24) is 0 Å². The summed E-state index contributed by atoms with van der Waals surface area (Å²) in [6.45, 7) is -0.899. The predicted octanol–water partition coefficient (Wildman–Crippen LogP) is -2.93. The minimum atomic E-state index is -2.12. The Morgan fingerprint density at radius 3 is 2.14 bits per heavy atom. The third-order valence-corrected chi connectivity index (χ3v) is 3.21. The van der Waals surface area contributed by atoms with E-state index in [0.717, 1.165) is 0 Å². The molecule has 9 heteroatoms. The summed E-state index contributed by atoms with van der Waals surface area (Å²) in [5.74, 6) is -2.89. The van der Waals surface area contributed by atoms with E-state index in [-0.39, 0.29) is 12.0 Å². The van der Waals surface area contributed by atoms with E-state index in [1.54, 1.807) is 0 Å². The fraction of sp³-hybridized carbons (Fsp3) is 0.538. The van der Waals surface area contributed by atoms with Gasteiger partial charge in [-0.25, -0.2) is 0 Å². The maximum Gasteiger partial charge on any atom is 0.210 e. The molecule has 1 heterocycles. The number of aliphatic hydroxyl groups is 6. The average molecular weight is 318 g/mol. The summed E-state index contributed by atoms with van der Waals surface area (Å²) < 4.78 is 4.79. The molecule has 22 heavy (non-hydrogen) atoms. The topological polar surface area (TPSA) is 169 Å². The van der Waals surface area contributed by atoms with Crippen LogP contribution in [0.4, 0.5) is 0 Å². The highest BCUT2D eigenvalue weighted by Gasteiger charge is 2.40. The molecule has 0 fully saturated rings. The van der Waals surface area contributed by atoms with Gasteiger partial charge in [-0.3, -0.25) is 4.79 Å². The molecule has 124 valence electrons. The van der Waals surface area contributed by atoms with Crippen molar-refractivity contribution in [2.24, 2.45) is 5.92 Å². The Kier molecular flexibility index (Phi) is 6.81. The summed E-state index contributed by atoms with van der Waals surface area (Å²) >= 11 is 0. The average Bonchev–Trinajstić information content (AvgIpc) is 3.06. The summed E-state index contributed by atoms with van der Waals surface area (Å²) in [7, 11) is 0. The highest BCUT2D eigenvalue weighted by molar-refractivity contribution is 6.03. The van der Waals surface area contributed by atoms with Crippen molar-refractivity contribution in [2.45, 2.75) is 30.5 Å². The van der Waals surface area contributed by atoms with E-state index in [4.69, 9.17) is 9.52 Å². The van der Waals surface area contributed by atoms with E-state index in [2.05, 4.69) is 0 Å². The zero-order chi connectivity index (χ0) is 16.9. The second-order valence-corrected chi connectivity index (χ2v) is 4.72. The van der Waals surface area contributed by atoms with Gasteiger partial charge < -0.3 is 39.9 Å². The molecule has 0 bridgehead atoms. The van der Waals surface area contributed by atoms with E-state index >= 15 is 0 Å². The van der Waals surface area contributed by atoms with Crippen molar-refractivity contribution in [1.29, 1.82) is 0 Å². The standard InChI is InChI=1S/C13H18O9/c14-4-6(9(17)8-2-1-3-22-8)10(18)12(20)13(21)11(19)7(16)5-15/h1-4,6-7,10-13,15-16,18-21H,5H2/t6?,7-,10?,11-,12+,13+/m1/s1. The van der Waals surface area contributed by atoms with Gasteiger partial charge in [0.05, 0.1) is 19.0 Å². The number of hydrogen-bond donors (Lipinski definition) is 6. The Hall–Kier alpha value is -1.62. The largest absolute Gasteiger partial charge is 0.461 e. The lowest BCUT2D eigenvalue weighted by Gasteiger charge is -2.30. The van der Waals surface area contributed by atoms with Gasteiger partial charge in [0.1, 0.15) is 36.6 Å². The Bertz CT molecular complexity index is 472. The lowest BCUT2D eigenvalue weighted by Crippen LogP contribution is -2.52. The second-order valence-electron chi connectivity index (χ2n) is 4.72. The molecule has 6 N–H and O–H groups in total. The highest BCUT2D eigenvalue weighted by atomic mass is 16.4. The SMILES string of the molecule is O=CC(C(=O)c1ccco1)C(O)[C@H](O)[C@@H](O)[C@H](O)[C@H](O)CO. The number of ketones is 1. The van der Waals surface area contributed by atoms with Crippen LogP contribution in [0, 0.1) is 5.92 Å². The molecule has 0 aliphatic carbocycles. The Labute approximate surface area is 125 Å². The van der Waals surface area contributed by atoms with Gasteiger partial charge in [0.15, 0.2) is 5.76 Å². The Morgan fingerprint density at radius 2 is 1.68 bits per heavy atom. The third kappa shape index (κ3) is 3.97. The van der Waals surface area contributed by atoms with Gasteiger partial charge in [-0.2, -0.15) is 0 Å². The number of furan rings is 1. The predicted molar refractivity (Wildman–Crippen MR) is 69.7 cm³/mol. The van der Waals surface area contributed by atoms with Crippen molar-refractivity contribution >= 4 is 12.1 Å². The number of Topliss-reactive ketones (excluding diaryl/α,β-unsaturated/α-hetero) is 1. The number of aldehydes is 1. The summed E-state index contributed by atoms with van der Waals surface area (Å²) in [6.07, 6.45) is -8.78. The Morgan fingerprint density at radius 1 is 1.09 bits per heavy atom. The summed E-state index contributed by atoms with van der Waals surface area (Å²) in [5, 5.41) is 56.5. The van der Waals surface area contributed by atoms with Gasteiger partial charge >= 0.3 is 0 Å². The molecule has 0 amide bonds. The molecular formula is C13H18O9. The van der Waals surface area contributed by atoms with Crippen LogP contribution in [0.3, 0.4) is 0 Å². The molecule has 1 aromatic rings.